The normalized spacial score (nSPS) is 18.3. The van der Waals surface area contributed by atoms with Crippen molar-refractivity contribution in [2.24, 2.45) is 0 Å². The lowest BCUT2D eigenvalue weighted by molar-refractivity contribution is -0.787. The van der Waals surface area contributed by atoms with Gasteiger partial charge in [-0.3, -0.25) is 15.1 Å². The van der Waals surface area contributed by atoms with E-state index in [1.807, 2.05) is 0 Å². The van der Waals surface area contributed by atoms with Crippen molar-refractivity contribution in [2.75, 3.05) is 17.7 Å². The first-order valence-corrected chi connectivity index (χ1v) is 9.18. The van der Waals surface area contributed by atoms with Crippen LogP contribution in [0.15, 0.2) is 54.9 Å². The Morgan fingerprint density at radius 3 is 2.67 bits per heavy atom. The molecule has 1 aliphatic rings. The first-order chi connectivity index (χ1) is 14.3. The van der Waals surface area contributed by atoms with Crippen molar-refractivity contribution in [3.05, 3.63) is 66.1 Å². The molecular weight excluding hydrogens is 399 g/mol. The molecule has 0 bridgehead atoms. The van der Waals surface area contributed by atoms with E-state index in [1.165, 1.54) is 19.4 Å². The van der Waals surface area contributed by atoms with Crippen LogP contribution in [0.3, 0.4) is 0 Å². The van der Waals surface area contributed by atoms with Gasteiger partial charge in [-0.1, -0.05) is 12.1 Å². The average molecular weight is 418 g/mol. The van der Waals surface area contributed by atoms with Gasteiger partial charge in [-0.15, -0.1) is 4.68 Å². The van der Waals surface area contributed by atoms with Crippen LogP contribution < -0.4 is 20.1 Å². The lowest BCUT2D eigenvalue weighted by Crippen LogP contribution is -2.54. The zero-order valence-electron chi connectivity index (χ0n) is 15.9. The van der Waals surface area contributed by atoms with E-state index in [4.69, 9.17) is 4.74 Å². The summed E-state index contributed by atoms with van der Waals surface area (Å²) in [7, 11) is 1.52. The first kappa shape index (κ1) is 19.7. The number of hydrogen-bond acceptors (Lipinski definition) is 4. The van der Waals surface area contributed by atoms with Gasteiger partial charge in [0.2, 0.25) is 6.04 Å². The highest BCUT2D eigenvalue weighted by Crippen LogP contribution is 2.39. The molecule has 4 rings (SSSR count). The highest BCUT2D eigenvalue weighted by atomic mass is 19.4. The van der Waals surface area contributed by atoms with Crippen LogP contribution in [-0.2, 0) is 0 Å². The van der Waals surface area contributed by atoms with Crippen LogP contribution in [0.1, 0.15) is 34.6 Å². The molecule has 0 spiro atoms. The molecule has 10 heteroatoms. The lowest BCUT2D eigenvalue weighted by atomic mass is 9.97. The number of aromatic amines is 1. The number of amides is 1. The Bertz CT molecular complexity index is 1030. The fraction of sp³-hybridized carbons (Fsp3) is 0.250. The Hall–Kier alpha value is -3.56. The van der Waals surface area contributed by atoms with Crippen LogP contribution in [0.2, 0.25) is 0 Å². The number of carbonyl (C=O) groups is 1. The fourth-order valence-electron chi connectivity index (χ4n) is 3.44. The van der Waals surface area contributed by atoms with Crippen LogP contribution in [0.4, 0.5) is 24.7 Å². The van der Waals surface area contributed by atoms with E-state index < -0.39 is 24.2 Å². The minimum absolute atomic E-state index is 0.00554. The van der Waals surface area contributed by atoms with Gasteiger partial charge in [0, 0.05) is 12.6 Å². The van der Waals surface area contributed by atoms with E-state index in [-0.39, 0.29) is 17.9 Å². The number of H-pyrrole nitrogens is 1. The summed E-state index contributed by atoms with van der Waals surface area (Å²) in [5.74, 6) is 0.238. The topological polar surface area (TPSA) is 82.9 Å². The molecule has 2 unspecified atom stereocenters. The number of nitrogens with one attached hydrogen (secondary N) is 3. The molecule has 3 aromatic rings. The van der Waals surface area contributed by atoms with Crippen molar-refractivity contribution in [2.45, 2.75) is 24.7 Å². The number of ether oxygens (including phenoxy) is 1. The van der Waals surface area contributed by atoms with E-state index in [0.29, 0.717) is 17.0 Å². The molecule has 0 aliphatic carbocycles. The third-order valence-corrected chi connectivity index (χ3v) is 4.93. The Morgan fingerprint density at radius 2 is 2.03 bits per heavy atom. The Labute approximate surface area is 169 Å². The number of carbonyl (C=O) groups excluding carboxylic acids is 1. The Balaban J connectivity index is 1.63. The lowest BCUT2D eigenvalue weighted by Gasteiger charge is -2.27. The number of rotatable bonds is 4. The summed E-state index contributed by atoms with van der Waals surface area (Å²) in [5.41, 5.74) is 1.14. The van der Waals surface area contributed by atoms with Crippen LogP contribution in [0.25, 0.3) is 0 Å². The smallest absolute Gasteiger partial charge is 0.431 e. The SMILES string of the molecule is COc1ccc(C2CC(C(F)(F)F)[n+]3[nH]c(C(=O)Nc4cccnc4)cc3N2)cc1. The van der Waals surface area contributed by atoms with Crippen molar-refractivity contribution in [1.29, 1.82) is 0 Å². The number of hydrogen-bond donors (Lipinski definition) is 3. The van der Waals surface area contributed by atoms with E-state index in [1.54, 1.807) is 42.6 Å². The van der Waals surface area contributed by atoms with Gasteiger partial charge < -0.3 is 10.1 Å². The van der Waals surface area contributed by atoms with Gasteiger partial charge in [0.15, 0.2) is 0 Å². The molecule has 7 nitrogen and oxygen atoms in total. The summed E-state index contributed by atoms with van der Waals surface area (Å²) in [4.78, 5) is 16.4. The molecule has 3 N–H and O–H groups in total. The number of methoxy groups -OCH3 is 1. The average Bonchev–Trinajstić information content (AvgIpc) is 3.17. The zero-order chi connectivity index (χ0) is 21.3. The van der Waals surface area contributed by atoms with Crippen LogP contribution >= 0.6 is 0 Å². The molecule has 0 saturated heterocycles. The Morgan fingerprint density at radius 1 is 1.27 bits per heavy atom. The maximum absolute atomic E-state index is 13.8. The van der Waals surface area contributed by atoms with Crippen LogP contribution in [-0.4, -0.2) is 29.3 Å². The third kappa shape index (κ3) is 3.93. The maximum atomic E-state index is 13.8. The van der Waals surface area contributed by atoms with Crippen molar-refractivity contribution >= 4 is 17.4 Å². The summed E-state index contributed by atoms with van der Waals surface area (Å²) in [6.45, 7) is 0. The van der Waals surface area contributed by atoms with Crippen LogP contribution in [0.5, 0.6) is 5.75 Å². The number of nitrogens with zero attached hydrogens (tertiary/aromatic N) is 2. The summed E-state index contributed by atoms with van der Waals surface area (Å²) in [5, 5.41) is 8.28. The standard InChI is InChI=1S/C20H18F3N5O2/c1-30-14-6-4-12(5-7-14)15-9-17(20(21,22)23)28-18(26-15)10-16(27-28)19(29)25-13-3-2-8-24-11-13/h2-8,10-11,15,17H,9H2,1H3,(H2,25,26,27,29)/p+1. The minimum atomic E-state index is -4.49. The summed E-state index contributed by atoms with van der Waals surface area (Å²) >= 11 is 0. The monoisotopic (exact) mass is 418 g/mol. The zero-order valence-corrected chi connectivity index (χ0v) is 15.9. The molecular formula is C20H19F3N5O2+. The maximum Gasteiger partial charge on any atom is 0.431 e. The summed E-state index contributed by atoms with van der Waals surface area (Å²) in [6, 6.07) is 9.12. The van der Waals surface area contributed by atoms with Gasteiger partial charge in [-0.25, -0.2) is 5.10 Å². The number of pyridine rings is 1. The number of fused-ring (bicyclic) bond motifs is 1. The van der Waals surface area contributed by atoms with Gasteiger partial charge in [0.1, 0.15) is 17.5 Å². The second kappa shape index (κ2) is 7.69. The summed E-state index contributed by atoms with van der Waals surface area (Å²) < 4.78 is 47.4. The quantitative estimate of drug-likeness (QED) is 0.566. The van der Waals surface area contributed by atoms with Crippen molar-refractivity contribution in [1.82, 2.24) is 10.1 Å². The number of benzene rings is 1. The largest absolute Gasteiger partial charge is 0.497 e. The van der Waals surface area contributed by atoms with E-state index >= 15 is 0 Å². The van der Waals surface area contributed by atoms with E-state index in [2.05, 4.69) is 20.7 Å². The minimum Gasteiger partial charge on any atom is -0.497 e. The summed E-state index contributed by atoms with van der Waals surface area (Å²) in [6.07, 6.45) is -1.72. The molecule has 3 heterocycles. The van der Waals surface area contributed by atoms with Crippen molar-refractivity contribution in [3.63, 3.8) is 0 Å². The number of anilines is 2. The number of aromatic nitrogens is 3. The molecule has 2 aromatic heterocycles. The van der Waals surface area contributed by atoms with Crippen molar-refractivity contribution < 1.29 is 27.4 Å². The third-order valence-electron chi connectivity index (χ3n) is 4.93. The molecule has 30 heavy (non-hydrogen) atoms. The van der Waals surface area contributed by atoms with E-state index in [0.717, 1.165) is 4.68 Å². The molecule has 0 fully saturated rings. The predicted octanol–water partition coefficient (Wildman–Crippen LogP) is 3.62. The highest BCUT2D eigenvalue weighted by Gasteiger charge is 2.51. The molecule has 0 saturated carbocycles. The Kier molecular flexibility index (Phi) is 5.06. The fourth-order valence-corrected chi connectivity index (χ4v) is 3.44. The highest BCUT2D eigenvalue weighted by molar-refractivity contribution is 6.03. The first-order valence-electron chi connectivity index (χ1n) is 9.18. The van der Waals surface area contributed by atoms with Crippen LogP contribution in [0, 0.1) is 0 Å². The molecule has 1 aliphatic heterocycles. The molecule has 1 aromatic carbocycles. The number of halogens is 3. The van der Waals surface area contributed by atoms with Gasteiger partial charge >= 0.3 is 6.18 Å². The second-order valence-electron chi connectivity index (χ2n) is 6.88. The van der Waals surface area contributed by atoms with Gasteiger partial charge in [0.25, 0.3) is 11.7 Å². The van der Waals surface area contributed by atoms with Gasteiger partial charge in [-0.05, 0) is 29.8 Å². The molecule has 1 amide bonds. The molecule has 156 valence electrons. The number of alkyl halides is 3. The molecule has 2 atom stereocenters. The second-order valence-corrected chi connectivity index (χ2v) is 6.88. The predicted molar refractivity (Wildman–Crippen MR) is 102 cm³/mol. The van der Waals surface area contributed by atoms with Gasteiger partial charge in [-0.2, -0.15) is 13.2 Å². The van der Waals surface area contributed by atoms with Crippen molar-refractivity contribution in [3.8, 4) is 5.75 Å². The van der Waals surface area contributed by atoms with E-state index in [9.17, 15) is 18.0 Å². The molecule has 0 radical (unpaired) electrons. The van der Waals surface area contributed by atoms with Gasteiger partial charge in [0.05, 0.1) is 25.1 Å².